The molecule has 0 spiro atoms. The van der Waals surface area contributed by atoms with Gasteiger partial charge >= 0.3 is 0 Å². The van der Waals surface area contributed by atoms with Gasteiger partial charge in [-0.3, -0.25) is 14.4 Å². The molecular formula is C20H22N2O4. The first kappa shape index (κ1) is 19.2. The first-order chi connectivity index (χ1) is 12.6. The summed E-state index contributed by atoms with van der Waals surface area (Å²) in [6, 6.07) is 15.3. The second kappa shape index (κ2) is 9.98. The third-order valence-corrected chi connectivity index (χ3v) is 3.57. The number of rotatable bonds is 9. The van der Waals surface area contributed by atoms with Crippen LogP contribution in [0.2, 0.25) is 0 Å². The van der Waals surface area contributed by atoms with Crippen LogP contribution in [0.15, 0.2) is 54.6 Å². The van der Waals surface area contributed by atoms with E-state index in [0.717, 1.165) is 6.42 Å². The molecule has 2 aromatic rings. The summed E-state index contributed by atoms with van der Waals surface area (Å²) in [4.78, 5) is 36.1. The van der Waals surface area contributed by atoms with Gasteiger partial charge in [0.2, 0.25) is 0 Å². The minimum Gasteiger partial charge on any atom is -0.483 e. The van der Waals surface area contributed by atoms with Crippen molar-refractivity contribution >= 4 is 17.6 Å². The van der Waals surface area contributed by atoms with Crippen LogP contribution in [-0.2, 0) is 4.79 Å². The fraction of sp³-hybridized carbons (Fsp3) is 0.250. The molecule has 0 aliphatic rings. The van der Waals surface area contributed by atoms with Crippen LogP contribution >= 0.6 is 0 Å². The van der Waals surface area contributed by atoms with E-state index in [9.17, 15) is 14.4 Å². The summed E-state index contributed by atoms with van der Waals surface area (Å²) in [6.45, 7) is 2.24. The molecule has 26 heavy (non-hydrogen) atoms. The molecule has 0 aromatic heterocycles. The van der Waals surface area contributed by atoms with Gasteiger partial charge in [-0.2, -0.15) is 0 Å². The molecule has 0 fully saturated rings. The quantitative estimate of drug-likeness (QED) is 0.676. The number of ketones is 1. The van der Waals surface area contributed by atoms with Crippen LogP contribution in [0, 0.1) is 0 Å². The molecule has 2 amide bonds. The monoisotopic (exact) mass is 354 g/mol. The highest BCUT2D eigenvalue weighted by molar-refractivity contribution is 6.03. The standard InChI is InChI=1S/C20H22N2O4/c1-2-12-21-19(24)14-26-18-11-7-6-10-16(18)20(25)22-13-17(23)15-8-4-3-5-9-15/h3-11H,2,12-14H2,1H3,(H,21,24)(H,22,25). The molecule has 0 radical (unpaired) electrons. The Hall–Kier alpha value is -3.15. The van der Waals surface area contributed by atoms with Gasteiger partial charge in [0.05, 0.1) is 12.1 Å². The fourth-order valence-corrected chi connectivity index (χ4v) is 2.22. The average molecular weight is 354 g/mol. The maximum atomic E-state index is 12.4. The first-order valence-corrected chi connectivity index (χ1v) is 8.46. The highest BCUT2D eigenvalue weighted by Gasteiger charge is 2.14. The fourth-order valence-electron chi connectivity index (χ4n) is 2.22. The second-order valence-corrected chi connectivity index (χ2v) is 5.61. The molecule has 0 bridgehead atoms. The van der Waals surface area contributed by atoms with Crippen molar-refractivity contribution in [2.45, 2.75) is 13.3 Å². The van der Waals surface area contributed by atoms with Crippen molar-refractivity contribution in [3.05, 3.63) is 65.7 Å². The van der Waals surface area contributed by atoms with Crippen molar-refractivity contribution in [3.8, 4) is 5.75 Å². The third kappa shape index (κ3) is 5.73. The Morgan fingerprint density at radius 2 is 1.62 bits per heavy atom. The average Bonchev–Trinajstić information content (AvgIpc) is 2.69. The zero-order valence-electron chi connectivity index (χ0n) is 14.7. The van der Waals surface area contributed by atoms with E-state index >= 15 is 0 Å². The van der Waals surface area contributed by atoms with Crippen LogP contribution in [0.3, 0.4) is 0 Å². The normalized spacial score (nSPS) is 10.0. The van der Waals surface area contributed by atoms with Crippen molar-refractivity contribution < 1.29 is 19.1 Å². The Morgan fingerprint density at radius 1 is 0.923 bits per heavy atom. The molecular weight excluding hydrogens is 332 g/mol. The molecule has 0 aliphatic heterocycles. The van der Waals surface area contributed by atoms with Gasteiger partial charge in [0.25, 0.3) is 11.8 Å². The van der Waals surface area contributed by atoms with E-state index < -0.39 is 5.91 Å². The zero-order valence-corrected chi connectivity index (χ0v) is 14.7. The first-order valence-electron chi connectivity index (χ1n) is 8.46. The third-order valence-electron chi connectivity index (χ3n) is 3.57. The van der Waals surface area contributed by atoms with Crippen LogP contribution in [0.25, 0.3) is 0 Å². The van der Waals surface area contributed by atoms with Gasteiger partial charge in [-0.1, -0.05) is 49.4 Å². The lowest BCUT2D eigenvalue weighted by atomic mass is 10.1. The van der Waals surface area contributed by atoms with Crippen LogP contribution in [-0.4, -0.2) is 37.3 Å². The van der Waals surface area contributed by atoms with Gasteiger partial charge in [0, 0.05) is 12.1 Å². The minimum absolute atomic E-state index is 0.117. The van der Waals surface area contributed by atoms with Gasteiger partial charge in [-0.05, 0) is 18.6 Å². The van der Waals surface area contributed by atoms with Gasteiger partial charge in [0.15, 0.2) is 12.4 Å². The molecule has 2 rings (SSSR count). The van der Waals surface area contributed by atoms with Crippen LogP contribution < -0.4 is 15.4 Å². The van der Waals surface area contributed by atoms with Gasteiger partial charge in [0.1, 0.15) is 5.75 Å². The van der Waals surface area contributed by atoms with Crippen molar-refractivity contribution in [2.75, 3.05) is 19.7 Å². The predicted molar refractivity (Wildman–Crippen MR) is 98.3 cm³/mol. The molecule has 0 atom stereocenters. The van der Waals surface area contributed by atoms with E-state index in [2.05, 4.69) is 10.6 Å². The number of Topliss-reactive ketones (excluding diaryl/α,β-unsaturated/α-hetero) is 1. The molecule has 0 saturated heterocycles. The van der Waals surface area contributed by atoms with Crippen molar-refractivity contribution in [3.63, 3.8) is 0 Å². The maximum Gasteiger partial charge on any atom is 0.257 e. The largest absolute Gasteiger partial charge is 0.483 e. The van der Waals surface area contributed by atoms with Crippen molar-refractivity contribution in [1.82, 2.24) is 10.6 Å². The lowest BCUT2D eigenvalue weighted by molar-refractivity contribution is -0.123. The Morgan fingerprint density at radius 3 is 2.35 bits per heavy atom. The van der Waals surface area contributed by atoms with E-state index in [0.29, 0.717) is 17.9 Å². The summed E-state index contributed by atoms with van der Waals surface area (Å²) in [5, 5.41) is 5.29. The highest BCUT2D eigenvalue weighted by atomic mass is 16.5. The summed E-state index contributed by atoms with van der Waals surface area (Å²) in [5.41, 5.74) is 0.807. The summed E-state index contributed by atoms with van der Waals surface area (Å²) in [7, 11) is 0. The lowest BCUT2D eigenvalue weighted by Crippen LogP contribution is -2.31. The molecule has 2 N–H and O–H groups in total. The molecule has 0 aliphatic carbocycles. The predicted octanol–water partition coefficient (Wildman–Crippen LogP) is 2.20. The molecule has 0 saturated carbocycles. The number of nitrogens with one attached hydrogen (secondary N) is 2. The zero-order chi connectivity index (χ0) is 18.8. The summed E-state index contributed by atoms with van der Waals surface area (Å²) < 4.78 is 5.45. The lowest BCUT2D eigenvalue weighted by Gasteiger charge is -2.11. The Bertz CT molecular complexity index is 759. The second-order valence-electron chi connectivity index (χ2n) is 5.61. The summed E-state index contributed by atoms with van der Waals surface area (Å²) in [6.07, 6.45) is 0.834. The smallest absolute Gasteiger partial charge is 0.257 e. The molecule has 2 aromatic carbocycles. The number of hydrogen-bond acceptors (Lipinski definition) is 4. The highest BCUT2D eigenvalue weighted by Crippen LogP contribution is 2.17. The van der Waals surface area contributed by atoms with E-state index in [4.69, 9.17) is 4.74 Å². The van der Waals surface area contributed by atoms with Crippen LogP contribution in [0.1, 0.15) is 34.1 Å². The van der Waals surface area contributed by atoms with Gasteiger partial charge < -0.3 is 15.4 Å². The number of benzene rings is 2. The Labute approximate surface area is 152 Å². The van der Waals surface area contributed by atoms with Crippen LogP contribution in [0.4, 0.5) is 0 Å². The Kier molecular flexibility index (Phi) is 7.36. The summed E-state index contributed by atoms with van der Waals surface area (Å²) in [5.74, 6) is -0.569. The Balaban J connectivity index is 1.94. The van der Waals surface area contributed by atoms with Crippen molar-refractivity contribution in [1.29, 1.82) is 0 Å². The number of carbonyl (C=O) groups excluding carboxylic acids is 3. The van der Waals surface area contributed by atoms with Gasteiger partial charge in [-0.25, -0.2) is 0 Å². The number of amides is 2. The number of hydrogen-bond donors (Lipinski definition) is 2. The van der Waals surface area contributed by atoms with E-state index in [1.54, 1.807) is 48.5 Å². The summed E-state index contributed by atoms with van der Waals surface area (Å²) >= 11 is 0. The number of carbonyl (C=O) groups is 3. The van der Waals surface area contributed by atoms with Crippen molar-refractivity contribution in [2.24, 2.45) is 0 Å². The van der Waals surface area contributed by atoms with Crippen LogP contribution in [0.5, 0.6) is 5.75 Å². The number of para-hydroxylation sites is 1. The maximum absolute atomic E-state index is 12.4. The molecule has 6 nitrogen and oxygen atoms in total. The molecule has 0 unspecified atom stereocenters. The van der Waals surface area contributed by atoms with E-state index in [-0.39, 0.29) is 30.4 Å². The minimum atomic E-state index is -0.432. The SMILES string of the molecule is CCCNC(=O)COc1ccccc1C(=O)NCC(=O)c1ccccc1. The molecule has 136 valence electrons. The number of ether oxygens (including phenoxy) is 1. The van der Waals surface area contributed by atoms with Gasteiger partial charge in [-0.15, -0.1) is 0 Å². The van der Waals surface area contributed by atoms with E-state index in [1.807, 2.05) is 13.0 Å². The van der Waals surface area contributed by atoms with E-state index in [1.165, 1.54) is 0 Å². The topological polar surface area (TPSA) is 84.5 Å². The molecule has 6 heteroatoms. The molecule has 0 heterocycles.